The summed E-state index contributed by atoms with van der Waals surface area (Å²) in [5.41, 5.74) is 2.21. The number of hydrogen-bond donors (Lipinski definition) is 0. The Labute approximate surface area is 101 Å². The van der Waals surface area contributed by atoms with Crippen LogP contribution < -0.4 is 0 Å². The Morgan fingerprint density at radius 1 is 1.12 bits per heavy atom. The predicted molar refractivity (Wildman–Crippen MR) is 77.7 cm³/mol. The van der Waals surface area contributed by atoms with Gasteiger partial charge in [-0.15, -0.1) is 0 Å². The Balaban J connectivity index is 3.10. The zero-order valence-corrected chi connectivity index (χ0v) is 11.7. The summed E-state index contributed by atoms with van der Waals surface area (Å²) < 4.78 is 0. The van der Waals surface area contributed by atoms with Crippen LogP contribution in [0.5, 0.6) is 0 Å². The average Bonchev–Trinajstić information content (AvgIpc) is 2.37. The van der Waals surface area contributed by atoms with Crippen LogP contribution in [0.2, 0.25) is 0 Å². The fraction of sp³-hybridized carbons (Fsp3) is 0.467. The highest BCUT2D eigenvalue weighted by molar-refractivity contribution is 7.79. The van der Waals surface area contributed by atoms with E-state index in [-0.39, 0.29) is 0 Å². The van der Waals surface area contributed by atoms with E-state index < -0.39 is 7.26 Å². The van der Waals surface area contributed by atoms with Crippen LogP contribution in [0.4, 0.5) is 0 Å². The minimum absolute atomic E-state index is 0.709. The molecule has 1 heteroatoms. The SMILES string of the molecule is C=C[P+](CC)(CC)C(CC)c1ccccc1. The molecule has 88 valence electrons. The Morgan fingerprint density at radius 3 is 2.06 bits per heavy atom. The molecule has 16 heavy (non-hydrogen) atoms. The van der Waals surface area contributed by atoms with Crippen molar-refractivity contribution >= 4 is 7.26 Å². The van der Waals surface area contributed by atoms with E-state index >= 15 is 0 Å². The van der Waals surface area contributed by atoms with Gasteiger partial charge in [-0.3, -0.25) is 0 Å². The van der Waals surface area contributed by atoms with Crippen LogP contribution in [0.25, 0.3) is 0 Å². The van der Waals surface area contributed by atoms with Crippen LogP contribution in [0.15, 0.2) is 42.7 Å². The Hall–Kier alpha value is -0.610. The topological polar surface area (TPSA) is 0 Å². The van der Waals surface area contributed by atoms with Gasteiger partial charge >= 0.3 is 0 Å². The highest BCUT2D eigenvalue weighted by Gasteiger charge is 2.39. The molecule has 1 unspecified atom stereocenters. The summed E-state index contributed by atoms with van der Waals surface area (Å²) in [7, 11) is -1.01. The van der Waals surface area contributed by atoms with Gasteiger partial charge in [0, 0.05) is 7.26 Å². The molecule has 0 N–H and O–H groups in total. The molecule has 0 amide bonds. The third kappa shape index (κ3) is 2.55. The molecular weight excluding hydrogens is 211 g/mol. The zero-order valence-electron chi connectivity index (χ0n) is 10.8. The minimum Gasteiger partial charge on any atom is -0.0640 e. The van der Waals surface area contributed by atoms with Crippen molar-refractivity contribution in [2.45, 2.75) is 32.9 Å². The first-order valence-corrected chi connectivity index (χ1v) is 8.58. The molecule has 0 radical (unpaired) electrons. The van der Waals surface area contributed by atoms with Crippen LogP contribution in [-0.4, -0.2) is 12.3 Å². The van der Waals surface area contributed by atoms with E-state index in [1.807, 2.05) is 0 Å². The average molecular weight is 235 g/mol. The Morgan fingerprint density at radius 2 is 1.69 bits per heavy atom. The minimum atomic E-state index is -1.01. The number of hydrogen-bond acceptors (Lipinski definition) is 0. The maximum Gasteiger partial charge on any atom is 0.0983 e. The quantitative estimate of drug-likeness (QED) is 0.584. The summed E-state index contributed by atoms with van der Waals surface area (Å²) in [6, 6.07) is 11.0. The first kappa shape index (κ1) is 13.5. The van der Waals surface area contributed by atoms with Crippen molar-refractivity contribution in [2.24, 2.45) is 0 Å². The van der Waals surface area contributed by atoms with Gasteiger partial charge in [-0.1, -0.05) is 43.8 Å². The number of rotatable bonds is 6. The van der Waals surface area contributed by atoms with E-state index in [4.69, 9.17) is 0 Å². The van der Waals surface area contributed by atoms with Gasteiger partial charge in [0.25, 0.3) is 0 Å². The molecule has 1 atom stereocenters. The second-order valence-corrected chi connectivity index (χ2v) is 8.71. The summed E-state index contributed by atoms with van der Waals surface area (Å²) in [5, 5.41) is 0. The van der Waals surface area contributed by atoms with E-state index in [1.165, 1.54) is 24.3 Å². The van der Waals surface area contributed by atoms with Gasteiger partial charge in [-0.05, 0) is 25.8 Å². The van der Waals surface area contributed by atoms with Crippen LogP contribution in [0.1, 0.15) is 38.4 Å². The van der Waals surface area contributed by atoms with E-state index in [1.54, 1.807) is 0 Å². The smallest absolute Gasteiger partial charge is 0.0640 e. The summed E-state index contributed by atoms with van der Waals surface area (Å²) in [6.45, 7) is 11.1. The molecule has 0 nitrogen and oxygen atoms in total. The molecule has 0 fully saturated rings. The fourth-order valence-corrected chi connectivity index (χ4v) is 6.21. The van der Waals surface area contributed by atoms with Crippen LogP contribution in [0.3, 0.4) is 0 Å². The van der Waals surface area contributed by atoms with Crippen molar-refractivity contribution in [3.63, 3.8) is 0 Å². The second-order valence-electron chi connectivity index (χ2n) is 4.25. The summed E-state index contributed by atoms with van der Waals surface area (Å²) in [4.78, 5) is 0. The van der Waals surface area contributed by atoms with Crippen molar-refractivity contribution in [2.75, 3.05) is 12.3 Å². The highest BCUT2D eigenvalue weighted by atomic mass is 31.2. The van der Waals surface area contributed by atoms with Crippen molar-refractivity contribution in [3.05, 3.63) is 48.3 Å². The molecule has 1 rings (SSSR count). The third-order valence-electron chi connectivity index (χ3n) is 3.73. The largest absolute Gasteiger partial charge is 0.0983 e. The lowest BCUT2D eigenvalue weighted by Crippen LogP contribution is -2.08. The lowest BCUT2D eigenvalue weighted by atomic mass is 10.1. The molecule has 0 saturated heterocycles. The van der Waals surface area contributed by atoms with Gasteiger partial charge in [-0.25, -0.2) is 0 Å². The van der Waals surface area contributed by atoms with Crippen LogP contribution in [-0.2, 0) is 0 Å². The van der Waals surface area contributed by atoms with Gasteiger partial charge in [0.2, 0.25) is 0 Å². The first-order valence-electron chi connectivity index (χ1n) is 6.29. The second kappa shape index (κ2) is 6.21. The summed E-state index contributed by atoms with van der Waals surface area (Å²) in [6.07, 6.45) is 3.78. The van der Waals surface area contributed by atoms with Gasteiger partial charge in [0.15, 0.2) is 0 Å². The summed E-state index contributed by atoms with van der Waals surface area (Å²) in [5.74, 6) is 2.29. The molecular formula is C15H24P+. The molecule has 0 aromatic heterocycles. The molecule has 0 aliphatic rings. The van der Waals surface area contributed by atoms with Crippen molar-refractivity contribution in [3.8, 4) is 0 Å². The highest BCUT2D eigenvalue weighted by Crippen LogP contribution is 2.71. The molecule has 0 aliphatic carbocycles. The Bertz CT molecular complexity index is 311. The molecule has 1 aromatic carbocycles. The third-order valence-corrected chi connectivity index (χ3v) is 8.72. The summed E-state index contributed by atoms with van der Waals surface area (Å²) >= 11 is 0. The van der Waals surface area contributed by atoms with Crippen molar-refractivity contribution < 1.29 is 0 Å². The van der Waals surface area contributed by atoms with Crippen LogP contribution in [0, 0.1) is 0 Å². The predicted octanol–water partition coefficient (Wildman–Crippen LogP) is 5.34. The molecule has 0 bridgehead atoms. The zero-order chi connectivity index (χ0) is 12.0. The first-order chi connectivity index (χ1) is 7.74. The van der Waals surface area contributed by atoms with Gasteiger partial charge < -0.3 is 0 Å². The maximum atomic E-state index is 4.12. The van der Waals surface area contributed by atoms with Gasteiger partial charge in [-0.2, -0.15) is 0 Å². The van der Waals surface area contributed by atoms with Crippen molar-refractivity contribution in [1.82, 2.24) is 0 Å². The molecule has 1 aromatic rings. The molecule has 0 spiro atoms. The van der Waals surface area contributed by atoms with Gasteiger partial charge in [0.05, 0.1) is 23.8 Å². The van der Waals surface area contributed by atoms with Crippen LogP contribution >= 0.6 is 7.26 Å². The standard InChI is InChI=1S/C15H24P/c1-5-15(14-12-10-9-11-13-14)16(6-2,7-3)8-4/h6,9-13,15H,2,5,7-8H2,1,3-4H3/q+1. The molecule has 0 heterocycles. The number of benzene rings is 1. The van der Waals surface area contributed by atoms with E-state index in [9.17, 15) is 0 Å². The normalized spacial score (nSPS) is 13.4. The van der Waals surface area contributed by atoms with E-state index in [0.29, 0.717) is 5.66 Å². The van der Waals surface area contributed by atoms with Gasteiger partial charge in [0.1, 0.15) is 0 Å². The monoisotopic (exact) mass is 235 g/mol. The lowest BCUT2D eigenvalue weighted by molar-refractivity contribution is 0.867. The van der Waals surface area contributed by atoms with E-state index in [2.05, 4.69) is 63.5 Å². The lowest BCUT2D eigenvalue weighted by Gasteiger charge is -2.29. The van der Waals surface area contributed by atoms with Crippen molar-refractivity contribution in [1.29, 1.82) is 0 Å². The Kier molecular flexibility index (Phi) is 5.22. The molecule has 0 saturated carbocycles. The van der Waals surface area contributed by atoms with E-state index in [0.717, 1.165) is 0 Å². The molecule has 0 aliphatic heterocycles. The maximum absolute atomic E-state index is 4.12. The fourth-order valence-electron chi connectivity index (χ4n) is 2.62.